The van der Waals surface area contributed by atoms with Crippen molar-refractivity contribution in [1.82, 2.24) is 4.98 Å². The van der Waals surface area contributed by atoms with E-state index in [9.17, 15) is 4.79 Å². The van der Waals surface area contributed by atoms with Gasteiger partial charge in [0.2, 0.25) is 5.91 Å². The predicted octanol–water partition coefficient (Wildman–Crippen LogP) is -0.999. The lowest BCUT2D eigenvalue weighted by atomic mass is 10.2. The highest BCUT2D eigenvalue weighted by atomic mass is 79.9. The molecule has 1 aliphatic heterocycles. The van der Waals surface area contributed by atoms with E-state index < -0.39 is 29.2 Å². The van der Waals surface area contributed by atoms with E-state index in [1.165, 1.54) is 6.20 Å². The van der Waals surface area contributed by atoms with E-state index >= 15 is 0 Å². The van der Waals surface area contributed by atoms with Gasteiger partial charge in [0.15, 0.2) is 0 Å². The van der Waals surface area contributed by atoms with Gasteiger partial charge in [0.25, 0.3) is 0 Å². The minimum Gasteiger partial charge on any atom is -0.394 e. The average Bonchev–Trinajstić information content (AvgIpc) is 2.67. The molecule has 19 heavy (non-hydrogen) atoms. The minimum atomic E-state index is -0.991. The SMILES string of the molecule is NC(=O)c1cccnc1.OC[C@H]1OC(Br)[C@H](O)[C@@H]1O. The molecule has 1 amide bonds. The highest BCUT2D eigenvalue weighted by molar-refractivity contribution is 9.09. The summed E-state index contributed by atoms with van der Waals surface area (Å²) >= 11 is 2.98. The molecular weight excluding hydrogens is 320 g/mol. The number of carbonyl (C=O) groups excluding carboxylic acids is 1. The zero-order valence-corrected chi connectivity index (χ0v) is 11.5. The molecule has 1 aromatic heterocycles. The molecule has 7 nitrogen and oxygen atoms in total. The number of amides is 1. The van der Waals surface area contributed by atoms with Crippen LogP contribution in [0, 0.1) is 0 Å². The van der Waals surface area contributed by atoms with E-state index in [1.54, 1.807) is 18.3 Å². The molecule has 0 radical (unpaired) electrons. The Kier molecular flexibility index (Phi) is 6.32. The van der Waals surface area contributed by atoms with Gasteiger partial charge in [-0.05, 0) is 12.1 Å². The van der Waals surface area contributed by atoms with Crippen LogP contribution in [0.5, 0.6) is 0 Å². The van der Waals surface area contributed by atoms with Crippen LogP contribution in [0.3, 0.4) is 0 Å². The van der Waals surface area contributed by atoms with Gasteiger partial charge in [0, 0.05) is 12.4 Å². The number of aromatic nitrogens is 1. The molecule has 0 spiro atoms. The summed E-state index contributed by atoms with van der Waals surface area (Å²) in [6.07, 6.45) is 0.417. The predicted molar refractivity (Wildman–Crippen MR) is 69.4 cm³/mol. The number of alkyl halides is 1. The van der Waals surface area contributed by atoms with Crippen molar-refractivity contribution < 1.29 is 24.9 Å². The number of pyridine rings is 1. The Balaban J connectivity index is 0.000000191. The molecule has 2 rings (SSSR count). The van der Waals surface area contributed by atoms with Crippen LogP contribution in [-0.2, 0) is 4.74 Å². The van der Waals surface area contributed by atoms with E-state index in [0.717, 1.165) is 0 Å². The second-order valence-electron chi connectivity index (χ2n) is 3.80. The fraction of sp³-hybridized carbons (Fsp3) is 0.455. The normalized spacial score (nSPS) is 29.5. The molecule has 1 unspecified atom stereocenters. The van der Waals surface area contributed by atoms with Gasteiger partial charge in [-0.3, -0.25) is 9.78 Å². The van der Waals surface area contributed by atoms with E-state index in [1.807, 2.05) is 0 Å². The lowest BCUT2D eigenvalue weighted by Gasteiger charge is -2.09. The first-order valence-corrected chi connectivity index (χ1v) is 6.35. The molecule has 0 aromatic carbocycles. The second-order valence-corrected chi connectivity index (χ2v) is 4.70. The van der Waals surface area contributed by atoms with E-state index in [4.69, 9.17) is 25.8 Å². The molecule has 1 fully saturated rings. The first-order chi connectivity index (χ1) is 8.97. The van der Waals surface area contributed by atoms with Crippen LogP contribution in [0.1, 0.15) is 10.4 Å². The lowest BCUT2D eigenvalue weighted by Crippen LogP contribution is -2.32. The van der Waals surface area contributed by atoms with Gasteiger partial charge in [-0.15, -0.1) is 0 Å². The van der Waals surface area contributed by atoms with Crippen LogP contribution >= 0.6 is 15.9 Å². The molecule has 1 aromatic rings. The highest BCUT2D eigenvalue weighted by Crippen LogP contribution is 2.24. The van der Waals surface area contributed by atoms with Crippen LogP contribution in [0.2, 0.25) is 0 Å². The number of aliphatic hydroxyl groups excluding tert-OH is 3. The van der Waals surface area contributed by atoms with Crippen molar-refractivity contribution in [3.63, 3.8) is 0 Å². The van der Waals surface area contributed by atoms with Crippen molar-refractivity contribution in [2.45, 2.75) is 23.3 Å². The summed E-state index contributed by atoms with van der Waals surface area (Å²) in [6.45, 7) is -0.277. The number of hydrogen-bond acceptors (Lipinski definition) is 6. The maximum atomic E-state index is 10.4. The zero-order valence-electron chi connectivity index (χ0n) is 9.89. The summed E-state index contributed by atoms with van der Waals surface area (Å²) < 4.78 is 4.90. The topological polar surface area (TPSA) is 126 Å². The zero-order chi connectivity index (χ0) is 14.4. The fourth-order valence-electron chi connectivity index (χ4n) is 1.36. The number of halogens is 1. The van der Waals surface area contributed by atoms with E-state index in [2.05, 4.69) is 20.9 Å². The van der Waals surface area contributed by atoms with Gasteiger partial charge in [-0.1, -0.05) is 15.9 Å². The van der Waals surface area contributed by atoms with Crippen molar-refractivity contribution in [1.29, 1.82) is 0 Å². The summed E-state index contributed by atoms with van der Waals surface area (Å²) in [7, 11) is 0. The van der Waals surface area contributed by atoms with Crippen LogP contribution < -0.4 is 5.73 Å². The third kappa shape index (κ3) is 4.51. The molecule has 106 valence electrons. The maximum absolute atomic E-state index is 10.4. The maximum Gasteiger partial charge on any atom is 0.250 e. The number of primary amides is 1. The number of rotatable bonds is 2. The molecule has 1 saturated heterocycles. The van der Waals surface area contributed by atoms with Crippen molar-refractivity contribution in [2.24, 2.45) is 5.73 Å². The Hall–Kier alpha value is -1.06. The van der Waals surface area contributed by atoms with Crippen molar-refractivity contribution in [3.8, 4) is 0 Å². The summed E-state index contributed by atoms with van der Waals surface area (Å²) in [5, 5.41) is 26.1. The smallest absolute Gasteiger partial charge is 0.250 e. The van der Waals surface area contributed by atoms with Crippen molar-refractivity contribution in [3.05, 3.63) is 30.1 Å². The molecule has 2 heterocycles. The Bertz CT molecular complexity index is 405. The van der Waals surface area contributed by atoms with Gasteiger partial charge in [0.1, 0.15) is 23.3 Å². The Morgan fingerprint density at radius 2 is 2.16 bits per heavy atom. The molecule has 4 atom stereocenters. The largest absolute Gasteiger partial charge is 0.394 e. The molecule has 8 heteroatoms. The highest BCUT2D eigenvalue weighted by Gasteiger charge is 2.40. The van der Waals surface area contributed by atoms with Crippen LogP contribution in [-0.4, -0.2) is 56.1 Å². The fourth-order valence-corrected chi connectivity index (χ4v) is 1.95. The lowest BCUT2D eigenvalue weighted by molar-refractivity contribution is -0.00760. The van der Waals surface area contributed by atoms with Gasteiger partial charge >= 0.3 is 0 Å². The Labute approximate surface area is 118 Å². The van der Waals surface area contributed by atoms with Crippen LogP contribution in [0.25, 0.3) is 0 Å². The number of nitrogens with zero attached hydrogens (tertiary/aromatic N) is 1. The average molecular weight is 335 g/mol. The summed E-state index contributed by atoms with van der Waals surface area (Å²) in [5.74, 6) is -0.442. The first kappa shape index (κ1) is 16.0. The monoisotopic (exact) mass is 334 g/mol. The van der Waals surface area contributed by atoms with Gasteiger partial charge < -0.3 is 25.8 Å². The first-order valence-electron chi connectivity index (χ1n) is 5.43. The van der Waals surface area contributed by atoms with E-state index in [0.29, 0.717) is 5.56 Å². The number of hydrogen-bond donors (Lipinski definition) is 4. The van der Waals surface area contributed by atoms with Gasteiger partial charge in [0.05, 0.1) is 12.2 Å². The molecule has 1 aliphatic rings. The van der Waals surface area contributed by atoms with Crippen LogP contribution in [0.4, 0.5) is 0 Å². The van der Waals surface area contributed by atoms with Gasteiger partial charge in [-0.2, -0.15) is 0 Å². The minimum absolute atomic E-state index is 0.277. The standard InChI is InChI=1S/C6H6N2O.C5H9BrO4/c7-6(9)5-2-1-3-8-4-5;6-5-4(9)3(8)2(1-7)10-5/h1-4H,(H2,7,9);2-5,7-9H,1H2/t;2-,3-,4-,5?/m.1/s1. The van der Waals surface area contributed by atoms with E-state index in [-0.39, 0.29) is 6.61 Å². The molecule has 0 aliphatic carbocycles. The number of ether oxygens (including phenoxy) is 1. The molecule has 5 N–H and O–H groups in total. The third-order valence-electron chi connectivity index (χ3n) is 2.43. The summed E-state index contributed by atoms with van der Waals surface area (Å²) in [5.41, 5.74) is 5.38. The number of aliphatic hydroxyl groups is 3. The van der Waals surface area contributed by atoms with Crippen molar-refractivity contribution >= 4 is 21.8 Å². The summed E-state index contributed by atoms with van der Waals surface area (Å²) in [6, 6.07) is 3.29. The summed E-state index contributed by atoms with van der Waals surface area (Å²) in [4.78, 5) is 14.1. The molecule has 0 bridgehead atoms. The van der Waals surface area contributed by atoms with Crippen molar-refractivity contribution in [2.75, 3.05) is 6.61 Å². The third-order valence-corrected chi connectivity index (χ3v) is 3.19. The number of carbonyl (C=O) groups is 1. The number of nitrogens with two attached hydrogens (primary N) is 1. The Morgan fingerprint density at radius 1 is 1.47 bits per heavy atom. The Morgan fingerprint density at radius 3 is 2.42 bits per heavy atom. The van der Waals surface area contributed by atoms with Crippen LogP contribution in [0.15, 0.2) is 24.5 Å². The quantitative estimate of drug-likeness (QED) is 0.514. The molecular formula is C11H15BrN2O5. The van der Waals surface area contributed by atoms with Gasteiger partial charge in [-0.25, -0.2) is 0 Å². The second kappa shape index (κ2) is 7.51. The molecule has 0 saturated carbocycles.